The predicted molar refractivity (Wildman–Crippen MR) is 71.5 cm³/mol. The van der Waals surface area contributed by atoms with Crippen LogP contribution >= 0.6 is 0 Å². The monoisotopic (exact) mass is 328 g/mol. The van der Waals surface area contributed by atoms with Crippen LogP contribution < -0.4 is 4.74 Å². The number of sulfone groups is 1. The molecule has 0 heterocycles. The number of alkyl halides is 2. The van der Waals surface area contributed by atoms with Crippen LogP contribution in [0.4, 0.5) is 8.78 Å². The van der Waals surface area contributed by atoms with Crippen LogP contribution in [0.25, 0.3) is 0 Å². The maximum atomic E-state index is 13.2. The summed E-state index contributed by atoms with van der Waals surface area (Å²) in [5.74, 6) is -3.25. The summed E-state index contributed by atoms with van der Waals surface area (Å²) in [4.78, 5) is 9.77. The summed E-state index contributed by atoms with van der Waals surface area (Å²) < 4.78 is 55.3. The van der Waals surface area contributed by atoms with E-state index >= 15 is 0 Å². The number of hydrogen-bond acceptors (Lipinski definition) is 4. The van der Waals surface area contributed by atoms with Crippen molar-refractivity contribution in [2.75, 3.05) is 0 Å². The molecule has 0 atom stereocenters. The highest BCUT2D eigenvalue weighted by Gasteiger charge is 2.43. The summed E-state index contributed by atoms with van der Waals surface area (Å²) >= 11 is 0. The summed E-state index contributed by atoms with van der Waals surface area (Å²) in [7, 11) is -4.12. The standard InChI is InChI=1S/C14H10F2O5S/c15-14(16,13(17)18)21-11-8-4-5-9-12(11)22(19,20)10-6-2-1-3-7-10/h1-9H,(H,17,18). The van der Waals surface area contributed by atoms with Crippen molar-refractivity contribution < 1.29 is 31.8 Å². The second-order valence-corrected chi connectivity index (χ2v) is 6.11. The first-order chi connectivity index (χ1) is 10.2. The van der Waals surface area contributed by atoms with Gasteiger partial charge in [0.25, 0.3) is 0 Å². The molecule has 116 valence electrons. The lowest BCUT2D eigenvalue weighted by molar-refractivity contribution is -0.211. The van der Waals surface area contributed by atoms with Crippen molar-refractivity contribution >= 4 is 15.8 Å². The Morgan fingerprint density at radius 1 is 1.00 bits per heavy atom. The van der Waals surface area contributed by atoms with Crippen molar-refractivity contribution in [3.05, 3.63) is 54.6 Å². The van der Waals surface area contributed by atoms with E-state index < -0.39 is 32.6 Å². The van der Waals surface area contributed by atoms with Crippen LogP contribution in [0.1, 0.15) is 0 Å². The SMILES string of the molecule is O=C(O)C(F)(F)Oc1ccccc1S(=O)(=O)c1ccccc1. The van der Waals surface area contributed by atoms with Gasteiger partial charge in [0.2, 0.25) is 9.84 Å². The van der Waals surface area contributed by atoms with Gasteiger partial charge in [-0.05, 0) is 24.3 Å². The van der Waals surface area contributed by atoms with Gasteiger partial charge in [0, 0.05) is 0 Å². The van der Waals surface area contributed by atoms with Crippen molar-refractivity contribution in [3.63, 3.8) is 0 Å². The average Bonchev–Trinajstić information content (AvgIpc) is 2.48. The average molecular weight is 328 g/mol. The largest absolute Gasteiger partial charge is 0.501 e. The number of carbonyl (C=O) groups is 1. The van der Waals surface area contributed by atoms with E-state index in [9.17, 15) is 22.0 Å². The smallest absolute Gasteiger partial charge is 0.474 e. The van der Waals surface area contributed by atoms with E-state index in [4.69, 9.17) is 5.11 Å². The molecule has 0 amide bonds. The third-order valence-corrected chi connectivity index (χ3v) is 4.49. The van der Waals surface area contributed by atoms with Crippen molar-refractivity contribution in [1.29, 1.82) is 0 Å². The molecule has 8 heteroatoms. The predicted octanol–water partition coefficient (Wildman–Crippen LogP) is 2.58. The minimum atomic E-state index is -4.54. The molecule has 0 fully saturated rings. The van der Waals surface area contributed by atoms with E-state index in [1.807, 2.05) is 0 Å². The Labute approximate surface area is 124 Å². The van der Waals surface area contributed by atoms with E-state index in [-0.39, 0.29) is 4.90 Å². The molecular formula is C14H10F2O5S. The summed E-state index contributed by atoms with van der Waals surface area (Å²) in [6, 6.07) is 11.7. The first-order valence-corrected chi connectivity index (χ1v) is 7.43. The molecule has 2 aromatic rings. The fourth-order valence-corrected chi connectivity index (χ4v) is 3.07. The Kier molecular flexibility index (Phi) is 4.14. The quantitative estimate of drug-likeness (QED) is 0.912. The maximum absolute atomic E-state index is 13.2. The molecule has 0 saturated heterocycles. The second kappa shape index (κ2) is 5.72. The van der Waals surface area contributed by atoms with E-state index in [1.54, 1.807) is 6.07 Å². The van der Waals surface area contributed by atoms with E-state index in [0.29, 0.717) is 0 Å². The van der Waals surface area contributed by atoms with Crippen molar-refractivity contribution in [3.8, 4) is 5.75 Å². The molecule has 0 saturated carbocycles. The molecule has 0 bridgehead atoms. The van der Waals surface area contributed by atoms with Gasteiger partial charge in [0.15, 0.2) is 0 Å². The first-order valence-electron chi connectivity index (χ1n) is 5.94. The van der Waals surface area contributed by atoms with Gasteiger partial charge < -0.3 is 9.84 Å². The van der Waals surface area contributed by atoms with Gasteiger partial charge in [0.1, 0.15) is 10.6 Å². The molecule has 0 aliphatic carbocycles. The number of aliphatic carboxylic acids is 1. The fourth-order valence-electron chi connectivity index (χ4n) is 1.66. The van der Waals surface area contributed by atoms with Gasteiger partial charge in [-0.3, -0.25) is 0 Å². The van der Waals surface area contributed by atoms with Crippen LogP contribution in [0, 0.1) is 0 Å². The normalized spacial score (nSPS) is 11.9. The van der Waals surface area contributed by atoms with Gasteiger partial charge in [-0.15, -0.1) is 0 Å². The molecule has 0 spiro atoms. The molecule has 0 radical (unpaired) electrons. The molecule has 22 heavy (non-hydrogen) atoms. The van der Waals surface area contributed by atoms with Gasteiger partial charge in [0.05, 0.1) is 4.90 Å². The van der Waals surface area contributed by atoms with Gasteiger partial charge in [-0.2, -0.15) is 8.78 Å². The molecular weight excluding hydrogens is 318 g/mol. The lowest BCUT2D eigenvalue weighted by Gasteiger charge is -2.16. The van der Waals surface area contributed by atoms with Crippen molar-refractivity contribution in [2.24, 2.45) is 0 Å². The van der Waals surface area contributed by atoms with Crippen molar-refractivity contribution in [1.82, 2.24) is 0 Å². The zero-order valence-electron chi connectivity index (χ0n) is 10.9. The van der Waals surface area contributed by atoms with Crippen LogP contribution in [0.15, 0.2) is 64.4 Å². The van der Waals surface area contributed by atoms with Gasteiger partial charge in [-0.1, -0.05) is 30.3 Å². The molecule has 2 rings (SSSR count). The van der Waals surface area contributed by atoms with E-state index in [0.717, 1.165) is 12.1 Å². The first kappa shape index (κ1) is 15.9. The van der Waals surface area contributed by atoms with E-state index in [2.05, 4.69) is 4.74 Å². The number of ether oxygens (including phenoxy) is 1. The Morgan fingerprint density at radius 3 is 2.14 bits per heavy atom. The zero-order valence-corrected chi connectivity index (χ0v) is 11.8. The number of carboxylic acids is 1. The Hall–Kier alpha value is -2.48. The van der Waals surface area contributed by atoms with Crippen LogP contribution in [-0.2, 0) is 14.6 Å². The third-order valence-electron chi connectivity index (χ3n) is 2.68. The van der Waals surface area contributed by atoms with Crippen LogP contribution in [0.3, 0.4) is 0 Å². The van der Waals surface area contributed by atoms with Gasteiger partial charge >= 0.3 is 12.1 Å². The maximum Gasteiger partial charge on any atom is 0.501 e. The topological polar surface area (TPSA) is 80.7 Å². The minimum Gasteiger partial charge on any atom is -0.474 e. The third kappa shape index (κ3) is 3.06. The highest BCUT2D eigenvalue weighted by Crippen LogP contribution is 2.32. The molecule has 0 aromatic heterocycles. The highest BCUT2D eigenvalue weighted by molar-refractivity contribution is 7.91. The Morgan fingerprint density at radius 2 is 1.55 bits per heavy atom. The summed E-state index contributed by atoms with van der Waals surface area (Å²) in [6.07, 6.45) is -4.54. The number of halogens is 2. The molecule has 0 aliphatic rings. The van der Waals surface area contributed by atoms with E-state index in [1.165, 1.54) is 36.4 Å². The molecule has 0 unspecified atom stereocenters. The molecule has 2 aromatic carbocycles. The summed E-state index contributed by atoms with van der Waals surface area (Å²) in [5.41, 5.74) is 0. The number of hydrogen-bond donors (Lipinski definition) is 1. The second-order valence-electron chi connectivity index (χ2n) is 4.19. The Balaban J connectivity index is 2.52. The summed E-state index contributed by atoms with van der Waals surface area (Å²) in [6.45, 7) is 0. The lowest BCUT2D eigenvalue weighted by atomic mass is 10.3. The highest BCUT2D eigenvalue weighted by atomic mass is 32.2. The van der Waals surface area contributed by atoms with Crippen LogP contribution in [0.5, 0.6) is 5.75 Å². The minimum absolute atomic E-state index is 0.121. The van der Waals surface area contributed by atoms with Crippen molar-refractivity contribution in [2.45, 2.75) is 15.9 Å². The zero-order chi connectivity index (χ0) is 16.4. The van der Waals surface area contributed by atoms with Crippen LogP contribution in [-0.4, -0.2) is 25.6 Å². The van der Waals surface area contributed by atoms with Crippen LogP contribution in [0.2, 0.25) is 0 Å². The molecule has 5 nitrogen and oxygen atoms in total. The Bertz CT molecular complexity index is 788. The number of rotatable bonds is 5. The number of para-hydroxylation sites is 1. The number of benzene rings is 2. The number of carboxylic acid groups (broad SMARTS) is 1. The summed E-state index contributed by atoms with van der Waals surface area (Å²) in [5, 5.41) is 8.39. The molecule has 0 aliphatic heterocycles. The fraction of sp³-hybridized carbons (Fsp3) is 0.0714. The van der Waals surface area contributed by atoms with Gasteiger partial charge in [-0.25, -0.2) is 13.2 Å². The molecule has 1 N–H and O–H groups in total. The lowest BCUT2D eigenvalue weighted by Crippen LogP contribution is -2.35.